The van der Waals surface area contributed by atoms with Gasteiger partial charge in [0.15, 0.2) is 0 Å². The Morgan fingerprint density at radius 2 is 1.82 bits per heavy atom. The molecule has 0 spiro atoms. The largest absolute Gasteiger partial charge is 0.494 e. The van der Waals surface area contributed by atoms with Gasteiger partial charge >= 0.3 is 6.18 Å². The Balaban J connectivity index is 2.65. The molecule has 0 aliphatic heterocycles. The number of Topliss-reactive ketones (excluding diaryl/α,β-unsaturated/α-hetero) is 1. The highest BCUT2D eigenvalue weighted by Crippen LogP contribution is 2.22. The second kappa shape index (κ2) is 5.70. The molecule has 1 aromatic rings. The summed E-state index contributed by atoms with van der Waals surface area (Å²) in [6, 6.07) is 4.98. The van der Waals surface area contributed by atoms with Crippen molar-refractivity contribution in [3.63, 3.8) is 0 Å². The predicted octanol–water partition coefficient (Wildman–Crippen LogP) is 3.61. The average molecular weight is 246 g/mol. The molecule has 0 saturated heterocycles. The maximum Gasteiger partial charge on any atom is 0.454 e. The first-order valence-electron chi connectivity index (χ1n) is 5.29. The van der Waals surface area contributed by atoms with E-state index in [1.807, 2.05) is 6.92 Å². The molecule has 0 bridgehead atoms. The van der Waals surface area contributed by atoms with Crippen LogP contribution in [0.2, 0.25) is 0 Å². The summed E-state index contributed by atoms with van der Waals surface area (Å²) in [7, 11) is 0. The van der Waals surface area contributed by atoms with E-state index < -0.39 is 12.0 Å². The lowest BCUT2D eigenvalue weighted by molar-refractivity contribution is -0.0885. The first-order chi connectivity index (χ1) is 7.95. The zero-order valence-electron chi connectivity index (χ0n) is 9.38. The summed E-state index contributed by atoms with van der Waals surface area (Å²) in [5, 5.41) is 0. The van der Waals surface area contributed by atoms with Crippen LogP contribution in [0.15, 0.2) is 24.3 Å². The molecule has 0 saturated carbocycles. The number of alkyl halides is 3. The van der Waals surface area contributed by atoms with Gasteiger partial charge in [-0.3, -0.25) is 4.79 Å². The summed E-state index contributed by atoms with van der Waals surface area (Å²) in [6.45, 7) is 2.53. The van der Waals surface area contributed by atoms with Gasteiger partial charge in [0.2, 0.25) is 0 Å². The van der Waals surface area contributed by atoms with Crippen molar-refractivity contribution in [3.8, 4) is 5.75 Å². The van der Waals surface area contributed by atoms with Crippen LogP contribution in [0.3, 0.4) is 0 Å². The van der Waals surface area contributed by atoms with E-state index in [2.05, 4.69) is 0 Å². The Kier molecular flexibility index (Phi) is 4.54. The molecule has 94 valence electrons. The summed E-state index contributed by atoms with van der Waals surface area (Å²) in [6.07, 6.45) is -2.97. The van der Waals surface area contributed by atoms with Crippen LogP contribution in [0.25, 0.3) is 0 Å². The third kappa shape index (κ3) is 4.09. The number of carbonyl (C=O) groups excluding carboxylic acids is 1. The van der Waals surface area contributed by atoms with Crippen molar-refractivity contribution >= 4 is 5.78 Å². The van der Waals surface area contributed by atoms with E-state index in [1.54, 1.807) is 0 Å². The van der Waals surface area contributed by atoms with Gasteiger partial charge in [0.25, 0.3) is 5.78 Å². The van der Waals surface area contributed by atoms with Crippen LogP contribution in [0.4, 0.5) is 13.2 Å². The highest BCUT2D eigenvalue weighted by Gasteiger charge is 2.39. The molecule has 0 radical (unpaired) electrons. The molecule has 0 heterocycles. The molecule has 1 rings (SSSR count). The summed E-state index contributed by atoms with van der Waals surface area (Å²) in [5.74, 6) is -1.37. The van der Waals surface area contributed by atoms with Gasteiger partial charge in [-0.15, -0.1) is 0 Å². The number of halogens is 3. The Labute approximate surface area is 97.4 Å². The smallest absolute Gasteiger partial charge is 0.454 e. The fourth-order valence-corrected chi connectivity index (χ4v) is 1.20. The van der Waals surface area contributed by atoms with E-state index in [9.17, 15) is 18.0 Å². The summed E-state index contributed by atoms with van der Waals surface area (Å²) in [5.41, 5.74) is -0.375. The topological polar surface area (TPSA) is 26.3 Å². The van der Waals surface area contributed by atoms with Crippen molar-refractivity contribution in [2.75, 3.05) is 6.61 Å². The van der Waals surface area contributed by atoms with Crippen LogP contribution in [-0.2, 0) is 0 Å². The lowest BCUT2D eigenvalue weighted by Gasteiger charge is -2.07. The second-order valence-corrected chi connectivity index (χ2v) is 3.55. The summed E-state index contributed by atoms with van der Waals surface area (Å²) in [4.78, 5) is 10.9. The van der Waals surface area contributed by atoms with Crippen LogP contribution < -0.4 is 4.74 Å². The number of hydrogen-bond donors (Lipinski definition) is 0. The van der Waals surface area contributed by atoms with E-state index in [4.69, 9.17) is 4.74 Å². The Morgan fingerprint density at radius 1 is 1.24 bits per heavy atom. The lowest BCUT2D eigenvalue weighted by atomic mass is 10.1. The van der Waals surface area contributed by atoms with E-state index >= 15 is 0 Å². The Morgan fingerprint density at radius 3 is 2.29 bits per heavy atom. The van der Waals surface area contributed by atoms with E-state index in [1.165, 1.54) is 12.1 Å². The van der Waals surface area contributed by atoms with Crippen molar-refractivity contribution in [1.82, 2.24) is 0 Å². The molecule has 0 atom stereocenters. The van der Waals surface area contributed by atoms with Crippen LogP contribution in [-0.4, -0.2) is 18.6 Å². The predicted molar refractivity (Wildman–Crippen MR) is 57.2 cm³/mol. The second-order valence-electron chi connectivity index (χ2n) is 3.55. The fraction of sp³-hybridized carbons (Fsp3) is 0.417. The first kappa shape index (κ1) is 13.5. The average Bonchev–Trinajstić information content (AvgIpc) is 2.28. The van der Waals surface area contributed by atoms with Crippen molar-refractivity contribution in [1.29, 1.82) is 0 Å². The van der Waals surface area contributed by atoms with E-state index in [-0.39, 0.29) is 5.56 Å². The molecule has 0 aliphatic carbocycles. The summed E-state index contributed by atoms with van der Waals surface area (Å²) >= 11 is 0. The Hall–Kier alpha value is -1.52. The van der Waals surface area contributed by atoms with Crippen LogP contribution in [0, 0.1) is 0 Å². The molecule has 2 nitrogen and oxygen atoms in total. The zero-order valence-corrected chi connectivity index (χ0v) is 9.38. The van der Waals surface area contributed by atoms with Gasteiger partial charge in [0.1, 0.15) is 5.75 Å². The van der Waals surface area contributed by atoms with Gasteiger partial charge in [-0.1, -0.05) is 13.3 Å². The molecule has 17 heavy (non-hydrogen) atoms. The van der Waals surface area contributed by atoms with Crippen LogP contribution in [0.5, 0.6) is 5.75 Å². The van der Waals surface area contributed by atoms with Crippen molar-refractivity contribution in [2.45, 2.75) is 25.9 Å². The maximum absolute atomic E-state index is 12.1. The van der Waals surface area contributed by atoms with Gasteiger partial charge in [0, 0.05) is 5.56 Å². The van der Waals surface area contributed by atoms with Crippen molar-refractivity contribution < 1.29 is 22.7 Å². The van der Waals surface area contributed by atoms with Crippen molar-refractivity contribution in [2.24, 2.45) is 0 Å². The highest BCUT2D eigenvalue weighted by molar-refractivity contribution is 6.00. The number of ketones is 1. The van der Waals surface area contributed by atoms with Gasteiger partial charge in [0.05, 0.1) is 6.61 Å². The quantitative estimate of drug-likeness (QED) is 0.586. The molecule has 0 aromatic heterocycles. The third-order valence-corrected chi connectivity index (χ3v) is 2.14. The highest BCUT2D eigenvalue weighted by atomic mass is 19.4. The molecular formula is C12H13F3O2. The number of hydrogen-bond acceptors (Lipinski definition) is 2. The molecule has 0 aliphatic rings. The molecular weight excluding hydrogens is 233 g/mol. The number of rotatable bonds is 5. The SMILES string of the molecule is CCCCOc1ccc(C(=O)C(F)(F)F)cc1. The van der Waals surface area contributed by atoms with Crippen LogP contribution >= 0.6 is 0 Å². The number of benzene rings is 1. The van der Waals surface area contributed by atoms with Gasteiger partial charge in [-0.05, 0) is 30.7 Å². The van der Waals surface area contributed by atoms with Gasteiger partial charge < -0.3 is 4.74 Å². The van der Waals surface area contributed by atoms with Crippen LogP contribution in [0.1, 0.15) is 30.1 Å². The molecule has 5 heteroatoms. The Bertz CT molecular complexity index is 368. The minimum atomic E-state index is -4.83. The number of ether oxygens (including phenoxy) is 1. The maximum atomic E-state index is 12.1. The molecule has 0 amide bonds. The van der Waals surface area contributed by atoms with Gasteiger partial charge in [-0.25, -0.2) is 0 Å². The summed E-state index contributed by atoms with van der Waals surface area (Å²) < 4.78 is 41.6. The standard InChI is InChI=1S/C12H13F3O2/c1-2-3-8-17-10-6-4-9(5-7-10)11(16)12(13,14)15/h4-7H,2-3,8H2,1H3. The minimum absolute atomic E-state index is 0.375. The zero-order chi connectivity index (χ0) is 12.9. The number of unbranched alkanes of at least 4 members (excludes halogenated alkanes) is 1. The lowest BCUT2D eigenvalue weighted by Crippen LogP contribution is -2.22. The van der Waals surface area contributed by atoms with Crippen molar-refractivity contribution in [3.05, 3.63) is 29.8 Å². The minimum Gasteiger partial charge on any atom is -0.494 e. The molecule has 0 fully saturated rings. The fourth-order valence-electron chi connectivity index (χ4n) is 1.20. The normalized spacial score (nSPS) is 11.3. The first-order valence-corrected chi connectivity index (χ1v) is 5.29. The monoisotopic (exact) mass is 246 g/mol. The van der Waals surface area contributed by atoms with E-state index in [0.29, 0.717) is 12.4 Å². The molecule has 1 aromatic carbocycles. The van der Waals surface area contributed by atoms with Gasteiger partial charge in [-0.2, -0.15) is 13.2 Å². The third-order valence-electron chi connectivity index (χ3n) is 2.14. The molecule has 0 unspecified atom stereocenters. The van der Waals surface area contributed by atoms with E-state index in [0.717, 1.165) is 25.0 Å². The molecule has 0 N–H and O–H groups in total. The number of carbonyl (C=O) groups is 1.